The highest BCUT2D eigenvalue weighted by Crippen LogP contribution is 2.13. The Labute approximate surface area is 91.3 Å². The molecule has 0 aromatic carbocycles. The zero-order chi connectivity index (χ0) is 10.3. The Kier molecular flexibility index (Phi) is 4.86. The molecule has 0 spiro atoms. The number of hydrogen-bond donors (Lipinski definition) is 1. The fourth-order valence-corrected chi connectivity index (χ4v) is 2.01. The molecule has 4 nitrogen and oxygen atoms in total. The van der Waals surface area contributed by atoms with Crippen molar-refractivity contribution in [3.63, 3.8) is 0 Å². The van der Waals surface area contributed by atoms with E-state index in [9.17, 15) is 0 Å². The number of ether oxygens (including phenoxy) is 3. The summed E-state index contributed by atoms with van der Waals surface area (Å²) in [4.78, 5) is 0. The highest BCUT2D eigenvalue weighted by atomic mass is 16.7. The number of nitrogens with one attached hydrogen (secondary N) is 1. The van der Waals surface area contributed by atoms with Crippen molar-refractivity contribution in [2.45, 2.75) is 38.1 Å². The first-order chi connectivity index (χ1) is 7.45. The molecule has 2 unspecified atom stereocenters. The van der Waals surface area contributed by atoms with Crippen LogP contribution in [0.5, 0.6) is 0 Å². The van der Waals surface area contributed by atoms with Crippen molar-refractivity contribution in [2.24, 2.45) is 0 Å². The molecule has 0 amide bonds. The molecule has 2 atom stereocenters. The Balaban J connectivity index is 1.47. The Morgan fingerprint density at radius 1 is 1.13 bits per heavy atom. The molecule has 0 radical (unpaired) electrons. The minimum atomic E-state index is 0.0176. The first kappa shape index (κ1) is 11.3. The monoisotopic (exact) mass is 215 g/mol. The fraction of sp³-hybridized carbons (Fsp3) is 1.00. The molecule has 2 saturated heterocycles. The highest BCUT2D eigenvalue weighted by molar-refractivity contribution is 4.70. The molecule has 15 heavy (non-hydrogen) atoms. The third kappa shape index (κ3) is 4.07. The van der Waals surface area contributed by atoms with Gasteiger partial charge in [-0.3, -0.25) is 0 Å². The molecule has 0 bridgehead atoms. The Bertz CT molecular complexity index is 165. The molecule has 2 rings (SSSR count). The zero-order valence-electron chi connectivity index (χ0n) is 9.24. The average molecular weight is 215 g/mol. The molecule has 88 valence electrons. The zero-order valence-corrected chi connectivity index (χ0v) is 9.24. The molecular weight excluding hydrogens is 194 g/mol. The summed E-state index contributed by atoms with van der Waals surface area (Å²) < 4.78 is 16.7. The molecular formula is C11H21NO3. The molecule has 0 aliphatic carbocycles. The topological polar surface area (TPSA) is 39.7 Å². The predicted octanol–water partition coefficient (Wildman–Crippen LogP) is 0.908. The summed E-state index contributed by atoms with van der Waals surface area (Å²) in [5.41, 5.74) is 0. The van der Waals surface area contributed by atoms with Crippen LogP contribution in [0.4, 0.5) is 0 Å². The summed E-state index contributed by atoms with van der Waals surface area (Å²) in [6.45, 7) is 4.25. The third-order valence-corrected chi connectivity index (χ3v) is 2.89. The summed E-state index contributed by atoms with van der Waals surface area (Å²) in [6.07, 6.45) is 4.96. The van der Waals surface area contributed by atoms with Gasteiger partial charge in [-0.05, 0) is 32.2 Å². The summed E-state index contributed by atoms with van der Waals surface area (Å²) >= 11 is 0. The lowest BCUT2D eigenvalue weighted by Gasteiger charge is -2.22. The maximum absolute atomic E-state index is 5.65. The van der Waals surface area contributed by atoms with Crippen LogP contribution in [0.15, 0.2) is 0 Å². The van der Waals surface area contributed by atoms with Crippen LogP contribution in [0.2, 0.25) is 0 Å². The quantitative estimate of drug-likeness (QED) is 0.692. The minimum absolute atomic E-state index is 0.0176. The van der Waals surface area contributed by atoms with Crippen LogP contribution in [0.3, 0.4) is 0 Å². The van der Waals surface area contributed by atoms with Gasteiger partial charge in [0.15, 0.2) is 6.29 Å². The second-order valence-corrected chi connectivity index (χ2v) is 4.15. The smallest absolute Gasteiger partial charge is 0.157 e. The van der Waals surface area contributed by atoms with Crippen molar-refractivity contribution in [1.29, 1.82) is 0 Å². The second-order valence-electron chi connectivity index (χ2n) is 4.15. The van der Waals surface area contributed by atoms with E-state index in [4.69, 9.17) is 14.2 Å². The van der Waals surface area contributed by atoms with Crippen LogP contribution in [0.25, 0.3) is 0 Å². The van der Waals surface area contributed by atoms with E-state index in [1.165, 1.54) is 12.8 Å². The summed E-state index contributed by atoms with van der Waals surface area (Å²) in [5, 5.41) is 3.27. The van der Waals surface area contributed by atoms with Crippen molar-refractivity contribution >= 4 is 0 Å². The fourth-order valence-electron chi connectivity index (χ4n) is 2.01. The van der Waals surface area contributed by atoms with Crippen molar-refractivity contribution in [1.82, 2.24) is 5.32 Å². The normalized spacial score (nSPS) is 32.0. The molecule has 4 heteroatoms. The molecule has 2 heterocycles. The van der Waals surface area contributed by atoms with E-state index in [2.05, 4.69) is 5.32 Å². The largest absolute Gasteiger partial charge is 0.374 e. The lowest BCUT2D eigenvalue weighted by molar-refractivity contribution is -0.171. The lowest BCUT2D eigenvalue weighted by Crippen LogP contribution is -2.25. The lowest BCUT2D eigenvalue weighted by atomic mass is 10.2. The van der Waals surface area contributed by atoms with Crippen LogP contribution in [-0.2, 0) is 14.2 Å². The van der Waals surface area contributed by atoms with Gasteiger partial charge in [0.2, 0.25) is 0 Å². The Morgan fingerprint density at radius 2 is 2.07 bits per heavy atom. The van der Waals surface area contributed by atoms with Gasteiger partial charge >= 0.3 is 0 Å². The van der Waals surface area contributed by atoms with Gasteiger partial charge in [0, 0.05) is 13.2 Å². The van der Waals surface area contributed by atoms with E-state index in [0.29, 0.717) is 19.3 Å². The number of hydrogen-bond acceptors (Lipinski definition) is 4. The van der Waals surface area contributed by atoms with Gasteiger partial charge in [0.1, 0.15) is 0 Å². The van der Waals surface area contributed by atoms with Gasteiger partial charge in [-0.25, -0.2) is 0 Å². The first-order valence-corrected chi connectivity index (χ1v) is 6.00. The van der Waals surface area contributed by atoms with Gasteiger partial charge < -0.3 is 19.5 Å². The van der Waals surface area contributed by atoms with Gasteiger partial charge in [-0.1, -0.05) is 0 Å². The maximum atomic E-state index is 5.65. The van der Waals surface area contributed by atoms with E-state index >= 15 is 0 Å². The van der Waals surface area contributed by atoms with Gasteiger partial charge in [0.25, 0.3) is 0 Å². The SMILES string of the molecule is C1CCC(OCCOC2CCNC2)OC1. The summed E-state index contributed by atoms with van der Waals surface area (Å²) in [5.74, 6) is 0. The molecule has 0 aromatic heterocycles. The summed E-state index contributed by atoms with van der Waals surface area (Å²) in [7, 11) is 0. The average Bonchev–Trinajstić information content (AvgIpc) is 2.79. The van der Waals surface area contributed by atoms with Crippen LogP contribution in [0, 0.1) is 0 Å². The van der Waals surface area contributed by atoms with Crippen molar-refractivity contribution in [3.05, 3.63) is 0 Å². The molecule has 2 aliphatic rings. The Morgan fingerprint density at radius 3 is 2.80 bits per heavy atom. The maximum Gasteiger partial charge on any atom is 0.157 e. The van der Waals surface area contributed by atoms with Gasteiger partial charge in [-0.15, -0.1) is 0 Å². The van der Waals surface area contributed by atoms with Gasteiger partial charge in [0.05, 0.1) is 19.3 Å². The van der Waals surface area contributed by atoms with E-state index in [-0.39, 0.29) is 6.29 Å². The summed E-state index contributed by atoms with van der Waals surface area (Å²) in [6, 6.07) is 0. The van der Waals surface area contributed by atoms with E-state index < -0.39 is 0 Å². The van der Waals surface area contributed by atoms with Crippen molar-refractivity contribution < 1.29 is 14.2 Å². The molecule has 2 aliphatic heterocycles. The predicted molar refractivity (Wildman–Crippen MR) is 56.8 cm³/mol. The van der Waals surface area contributed by atoms with Crippen LogP contribution >= 0.6 is 0 Å². The Hall–Kier alpha value is -0.160. The first-order valence-electron chi connectivity index (χ1n) is 6.00. The molecule has 2 fully saturated rings. The van der Waals surface area contributed by atoms with E-state index in [1.54, 1.807) is 0 Å². The van der Waals surface area contributed by atoms with Crippen LogP contribution in [-0.4, -0.2) is 45.3 Å². The van der Waals surface area contributed by atoms with Gasteiger partial charge in [-0.2, -0.15) is 0 Å². The van der Waals surface area contributed by atoms with Crippen LogP contribution in [0.1, 0.15) is 25.7 Å². The van der Waals surface area contributed by atoms with E-state index in [1.807, 2.05) is 0 Å². The third-order valence-electron chi connectivity index (χ3n) is 2.89. The molecule has 1 N–H and O–H groups in total. The molecule has 0 saturated carbocycles. The molecule has 0 aromatic rings. The standard InChI is InChI=1S/C11H21NO3/c1-2-6-14-11(3-1)15-8-7-13-10-4-5-12-9-10/h10-12H,1-9H2. The highest BCUT2D eigenvalue weighted by Gasteiger charge is 2.16. The minimum Gasteiger partial charge on any atom is -0.374 e. The van der Waals surface area contributed by atoms with Crippen LogP contribution < -0.4 is 5.32 Å². The van der Waals surface area contributed by atoms with Crippen molar-refractivity contribution in [2.75, 3.05) is 32.9 Å². The number of rotatable bonds is 5. The van der Waals surface area contributed by atoms with Crippen molar-refractivity contribution in [3.8, 4) is 0 Å². The second kappa shape index (κ2) is 6.43. The van der Waals surface area contributed by atoms with E-state index in [0.717, 1.165) is 32.5 Å².